The zero-order valence-corrected chi connectivity index (χ0v) is 8.00. The van der Waals surface area contributed by atoms with Crippen molar-refractivity contribution in [2.45, 2.75) is 12.4 Å². The quantitative estimate of drug-likeness (QED) is 0.708. The van der Waals surface area contributed by atoms with Gasteiger partial charge in [0.15, 0.2) is 0 Å². The molecule has 6 heteroatoms. The maximum atomic E-state index is 11.6. The predicted molar refractivity (Wildman–Crippen MR) is 46.2 cm³/mol. The Balaban J connectivity index is 3.24. The highest BCUT2D eigenvalue weighted by atomic mass is 32.2. The lowest BCUT2D eigenvalue weighted by molar-refractivity contribution is -0.0327. The van der Waals surface area contributed by atoms with E-state index in [1.54, 1.807) is 6.92 Å². The second-order valence-electron chi connectivity index (χ2n) is 2.53. The van der Waals surface area contributed by atoms with E-state index in [4.69, 9.17) is 5.26 Å². The number of nitrogens with zero attached hydrogens (tertiary/aromatic N) is 1. The van der Waals surface area contributed by atoms with Gasteiger partial charge in [0.25, 0.3) is 0 Å². The summed E-state index contributed by atoms with van der Waals surface area (Å²) in [5.74, 6) is -0.169. The fraction of sp³-hybridized carbons (Fsp3) is 0.857. The van der Waals surface area contributed by atoms with E-state index in [1.807, 2.05) is 6.07 Å². The van der Waals surface area contributed by atoms with Crippen molar-refractivity contribution in [2.75, 3.05) is 18.8 Å². The molecule has 0 rings (SSSR count). The summed E-state index contributed by atoms with van der Waals surface area (Å²) in [6.45, 7) is 2.43. The van der Waals surface area contributed by atoms with E-state index in [1.165, 1.54) is 0 Å². The SMILES string of the molecule is CC(C#N)CNCCSC(F)(F)F. The maximum Gasteiger partial charge on any atom is 0.441 e. The average Bonchev–Trinajstić information content (AvgIpc) is 2.01. The first kappa shape index (κ1) is 12.6. The third-order valence-corrected chi connectivity index (χ3v) is 1.95. The fourth-order valence-electron chi connectivity index (χ4n) is 0.603. The van der Waals surface area contributed by atoms with Gasteiger partial charge in [-0.15, -0.1) is 0 Å². The van der Waals surface area contributed by atoms with Gasteiger partial charge in [0, 0.05) is 18.8 Å². The molecule has 0 bridgehead atoms. The van der Waals surface area contributed by atoms with Crippen molar-refractivity contribution in [3.8, 4) is 6.07 Å². The van der Waals surface area contributed by atoms with Crippen LogP contribution in [0.5, 0.6) is 0 Å². The van der Waals surface area contributed by atoms with Gasteiger partial charge in [-0.2, -0.15) is 18.4 Å². The van der Waals surface area contributed by atoms with Gasteiger partial charge >= 0.3 is 5.51 Å². The van der Waals surface area contributed by atoms with Crippen LogP contribution in [0.15, 0.2) is 0 Å². The molecule has 0 saturated heterocycles. The summed E-state index contributed by atoms with van der Waals surface area (Å²) < 4.78 is 34.8. The minimum Gasteiger partial charge on any atom is -0.315 e. The maximum absolute atomic E-state index is 11.6. The summed E-state index contributed by atoms with van der Waals surface area (Å²) in [7, 11) is 0. The first-order chi connectivity index (χ1) is 5.95. The molecule has 0 aromatic carbocycles. The number of thioether (sulfide) groups is 1. The van der Waals surface area contributed by atoms with Crippen LogP contribution in [0, 0.1) is 17.2 Å². The van der Waals surface area contributed by atoms with E-state index in [0.29, 0.717) is 6.54 Å². The Labute approximate surface area is 79.5 Å². The lowest BCUT2D eigenvalue weighted by atomic mass is 10.2. The molecule has 2 nitrogen and oxygen atoms in total. The van der Waals surface area contributed by atoms with Crippen molar-refractivity contribution >= 4 is 11.8 Å². The van der Waals surface area contributed by atoms with E-state index in [-0.39, 0.29) is 30.0 Å². The van der Waals surface area contributed by atoms with Crippen molar-refractivity contribution < 1.29 is 13.2 Å². The third-order valence-electron chi connectivity index (χ3n) is 1.22. The molecule has 76 valence electrons. The van der Waals surface area contributed by atoms with E-state index < -0.39 is 5.51 Å². The van der Waals surface area contributed by atoms with Crippen molar-refractivity contribution in [3.63, 3.8) is 0 Å². The molecule has 0 spiro atoms. The van der Waals surface area contributed by atoms with E-state index in [2.05, 4.69) is 5.32 Å². The fourth-order valence-corrected chi connectivity index (χ4v) is 1.08. The smallest absolute Gasteiger partial charge is 0.315 e. The van der Waals surface area contributed by atoms with Crippen LogP contribution in [0.3, 0.4) is 0 Å². The van der Waals surface area contributed by atoms with Crippen molar-refractivity contribution in [1.82, 2.24) is 5.32 Å². The highest BCUT2D eigenvalue weighted by molar-refractivity contribution is 8.00. The van der Waals surface area contributed by atoms with Gasteiger partial charge in [0.05, 0.1) is 12.0 Å². The Kier molecular flexibility index (Phi) is 5.91. The van der Waals surface area contributed by atoms with Crippen molar-refractivity contribution in [1.29, 1.82) is 5.26 Å². The Bertz CT molecular complexity index is 176. The number of hydrogen-bond acceptors (Lipinski definition) is 3. The van der Waals surface area contributed by atoms with Gasteiger partial charge in [-0.1, -0.05) is 0 Å². The Morgan fingerprint density at radius 3 is 2.62 bits per heavy atom. The standard InChI is InChI=1S/C7H11F3N2S/c1-6(4-11)5-12-2-3-13-7(8,9)10/h6,12H,2-3,5H2,1H3. The van der Waals surface area contributed by atoms with Gasteiger partial charge in [-0.05, 0) is 18.7 Å². The number of rotatable bonds is 5. The lowest BCUT2D eigenvalue weighted by Gasteiger charge is -2.07. The van der Waals surface area contributed by atoms with Gasteiger partial charge in [-0.3, -0.25) is 0 Å². The third kappa shape index (κ3) is 9.50. The van der Waals surface area contributed by atoms with Crippen LogP contribution >= 0.6 is 11.8 Å². The summed E-state index contributed by atoms with van der Waals surface area (Å²) in [5.41, 5.74) is -4.15. The number of nitriles is 1. The predicted octanol–water partition coefficient (Wildman–Crippen LogP) is 1.99. The number of nitrogens with one attached hydrogen (secondary N) is 1. The van der Waals surface area contributed by atoms with Crippen LogP contribution in [0.1, 0.15) is 6.92 Å². The second kappa shape index (κ2) is 6.11. The van der Waals surface area contributed by atoms with Crippen molar-refractivity contribution in [2.24, 2.45) is 5.92 Å². The summed E-state index contributed by atoms with van der Waals surface area (Å²) in [4.78, 5) is 0. The van der Waals surface area contributed by atoms with Crippen LogP contribution in [0.25, 0.3) is 0 Å². The molecule has 0 fully saturated rings. The molecule has 0 aromatic heterocycles. The summed E-state index contributed by atoms with van der Waals surface area (Å²) in [6.07, 6.45) is 0. The topological polar surface area (TPSA) is 35.8 Å². The summed E-state index contributed by atoms with van der Waals surface area (Å²) >= 11 is -0.0526. The Hall–Kier alpha value is -0.410. The molecule has 0 aliphatic carbocycles. The first-order valence-electron chi connectivity index (χ1n) is 3.76. The summed E-state index contributed by atoms with van der Waals surface area (Å²) in [5, 5.41) is 11.1. The molecule has 0 amide bonds. The molecule has 0 aliphatic rings. The first-order valence-corrected chi connectivity index (χ1v) is 4.75. The monoisotopic (exact) mass is 212 g/mol. The molecule has 0 heterocycles. The highest BCUT2D eigenvalue weighted by Gasteiger charge is 2.27. The zero-order valence-electron chi connectivity index (χ0n) is 7.19. The zero-order chi connectivity index (χ0) is 10.3. The number of halogens is 3. The molecule has 1 N–H and O–H groups in total. The molecule has 0 aliphatic heterocycles. The second-order valence-corrected chi connectivity index (χ2v) is 3.69. The molecule has 0 saturated carbocycles. The summed E-state index contributed by atoms with van der Waals surface area (Å²) in [6, 6.07) is 1.98. The normalized spacial score (nSPS) is 13.8. The molecule has 0 aromatic rings. The van der Waals surface area contributed by atoms with Crippen molar-refractivity contribution in [3.05, 3.63) is 0 Å². The van der Waals surface area contributed by atoms with E-state index in [9.17, 15) is 13.2 Å². The van der Waals surface area contributed by atoms with E-state index in [0.717, 1.165) is 0 Å². The number of alkyl halides is 3. The number of hydrogen-bond donors (Lipinski definition) is 1. The minimum absolute atomic E-state index is 0.0123. The van der Waals surface area contributed by atoms with Crippen LogP contribution in [0.4, 0.5) is 13.2 Å². The van der Waals surface area contributed by atoms with Gasteiger partial charge < -0.3 is 5.32 Å². The lowest BCUT2D eigenvalue weighted by Crippen LogP contribution is -2.23. The van der Waals surface area contributed by atoms with Crippen LogP contribution in [-0.2, 0) is 0 Å². The molecule has 0 radical (unpaired) electrons. The van der Waals surface area contributed by atoms with Crippen LogP contribution in [0.2, 0.25) is 0 Å². The average molecular weight is 212 g/mol. The molecular weight excluding hydrogens is 201 g/mol. The largest absolute Gasteiger partial charge is 0.441 e. The molecule has 13 heavy (non-hydrogen) atoms. The molecule has 1 unspecified atom stereocenters. The Morgan fingerprint density at radius 2 is 2.15 bits per heavy atom. The minimum atomic E-state index is -4.15. The highest BCUT2D eigenvalue weighted by Crippen LogP contribution is 2.29. The van der Waals surface area contributed by atoms with Gasteiger partial charge in [-0.25, -0.2) is 0 Å². The van der Waals surface area contributed by atoms with Gasteiger partial charge in [0.1, 0.15) is 0 Å². The van der Waals surface area contributed by atoms with Crippen LogP contribution < -0.4 is 5.32 Å². The molecule has 1 atom stereocenters. The van der Waals surface area contributed by atoms with E-state index >= 15 is 0 Å². The van der Waals surface area contributed by atoms with Crippen LogP contribution in [-0.4, -0.2) is 24.4 Å². The van der Waals surface area contributed by atoms with Gasteiger partial charge in [0.2, 0.25) is 0 Å². The Morgan fingerprint density at radius 1 is 1.54 bits per heavy atom. The molecular formula is C7H11F3N2S.